The zero-order valence-electron chi connectivity index (χ0n) is 13.8. The first-order chi connectivity index (χ1) is 11.1. The Labute approximate surface area is 136 Å². The smallest absolute Gasteiger partial charge is 0.273 e. The van der Waals surface area contributed by atoms with Gasteiger partial charge in [-0.25, -0.2) is 0 Å². The van der Waals surface area contributed by atoms with Crippen molar-refractivity contribution in [3.8, 4) is 0 Å². The van der Waals surface area contributed by atoms with Gasteiger partial charge in [-0.05, 0) is 37.5 Å². The number of aryl methyl sites for hydroxylation is 1. The van der Waals surface area contributed by atoms with Crippen molar-refractivity contribution in [1.82, 2.24) is 25.6 Å². The standard InChI is InChI=1S/C16H25N5O2/c1-3-4-10-7-15(22)18-13-8-11(5-6-12(10)13)17-16(23)14-9-21(2)20-19-14/h9-13H,3-8H2,1-2H3,(H,17,23)(H,18,22). The topological polar surface area (TPSA) is 88.9 Å². The van der Waals surface area contributed by atoms with Gasteiger partial charge in [0.2, 0.25) is 5.91 Å². The molecule has 1 aliphatic carbocycles. The number of carbonyl (C=O) groups excluding carboxylic acids is 2. The molecule has 2 amide bonds. The Morgan fingerprint density at radius 1 is 1.48 bits per heavy atom. The maximum absolute atomic E-state index is 12.2. The largest absolute Gasteiger partial charge is 0.353 e. The maximum Gasteiger partial charge on any atom is 0.273 e. The Morgan fingerprint density at radius 3 is 3.00 bits per heavy atom. The van der Waals surface area contributed by atoms with Crippen LogP contribution in [0.2, 0.25) is 0 Å². The molecule has 0 aromatic carbocycles. The van der Waals surface area contributed by atoms with E-state index >= 15 is 0 Å². The summed E-state index contributed by atoms with van der Waals surface area (Å²) in [5, 5.41) is 13.8. The van der Waals surface area contributed by atoms with E-state index < -0.39 is 0 Å². The first-order valence-corrected chi connectivity index (χ1v) is 8.53. The molecule has 7 nitrogen and oxygen atoms in total. The van der Waals surface area contributed by atoms with E-state index in [9.17, 15) is 9.59 Å². The van der Waals surface area contributed by atoms with Gasteiger partial charge in [-0.2, -0.15) is 0 Å². The highest BCUT2D eigenvalue weighted by Gasteiger charge is 2.40. The van der Waals surface area contributed by atoms with Crippen LogP contribution in [0.15, 0.2) is 6.20 Å². The molecule has 0 spiro atoms. The average molecular weight is 319 g/mol. The van der Waals surface area contributed by atoms with Crippen LogP contribution in [0.25, 0.3) is 0 Å². The van der Waals surface area contributed by atoms with Crippen LogP contribution in [-0.4, -0.2) is 38.9 Å². The van der Waals surface area contributed by atoms with Crippen LogP contribution in [0.5, 0.6) is 0 Å². The van der Waals surface area contributed by atoms with E-state index in [1.54, 1.807) is 13.2 Å². The van der Waals surface area contributed by atoms with E-state index in [1.165, 1.54) is 4.68 Å². The summed E-state index contributed by atoms with van der Waals surface area (Å²) in [5.41, 5.74) is 0.339. The molecule has 1 aliphatic heterocycles. The molecule has 126 valence electrons. The quantitative estimate of drug-likeness (QED) is 0.867. The molecule has 2 fully saturated rings. The number of rotatable bonds is 4. The van der Waals surface area contributed by atoms with Crippen LogP contribution in [0.4, 0.5) is 0 Å². The van der Waals surface area contributed by atoms with Crippen LogP contribution < -0.4 is 10.6 Å². The predicted octanol–water partition coefficient (Wildman–Crippen LogP) is 1.02. The summed E-state index contributed by atoms with van der Waals surface area (Å²) in [6, 6.07) is 0.278. The molecule has 1 aromatic heterocycles. The van der Waals surface area contributed by atoms with Gasteiger partial charge in [0.15, 0.2) is 5.69 Å². The maximum atomic E-state index is 12.2. The van der Waals surface area contributed by atoms with Gasteiger partial charge in [0.1, 0.15) is 0 Å². The van der Waals surface area contributed by atoms with Gasteiger partial charge < -0.3 is 10.6 Å². The number of nitrogens with one attached hydrogen (secondary N) is 2. The van der Waals surface area contributed by atoms with Gasteiger partial charge >= 0.3 is 0 Å². The molecular weight excluding hydrogens is 294 g/mol. The molecule has 23 heavy (non-hydrogen) atoms. The summed E-state index contributed by atoms with van der Waals surface area (Å²) in [6.45, 7) is 2.17. The summed E-state index contributed by atoms with van der Waals surface area (Å²) in [7, 11) is 1.74. The summed E-state index contributed by atoms with van der Waals surface area (Å²) in [5.74, 6) is 1.02. The fraction of sp³-hybridized carbons (Fsp3) is 0.750. The van der Waals surface area contributed by atoms with Crippen molar-refractivity contribution in [2.45, 2.75) is 57.5 Å². The number of carbonyl (C=O) groups is 2. The van der Waals surface area contributed by atoms with Gasteiger partial charge in [0.25, 0.3) is 5.91 Å². The second-order valence-electron chi connectivity index (χ2n) is 6.85. The van der Waals surface area contributed by atoms with E-state index in [0.717, 1.165) is 32.1 Å². The Hall–Kier alpha value is -1.92. The summed E-state index contributed by atoms with van der Waals surface area (Å²) < 4.78 is 1.52. The fourth-order valence-corrected chi connectivity index (χ4v) is 4.11. The van der Waals surface area contributed by atoms with Crippen molar-refractivity contribution in [3.05, 3.63) is 11.9 Å². The van der Waals surface area contributed by atoms with E-state index in [1.807, 2.05) is 0 Å². The lowest BCUT2D eigenvalue weighted by Gasteiger charge is -2.44. The molecule has 0 radical (unpaired) electrons. The van der Waals surface area contributed by atoms with Gasteiger partial charge in [0, 0.05) is 25.6 Å². The molecule has 0 bridgehead atoms. The van der Waals surface area contributed by atoms with Crippen molar-refractivity contribution in [2.24, 2.45) is 18.9 Å². The number of nitrogens with zero attached hydrogens (tertiary/aromatic N) is 3. The van der Waals surface area contributed by atoms with Gasteiger partial charge in [-0.3, -0.25) is 14.3 Å². The lowest BCUT2D eigenvalue weighted by molar-refractivity contribution is -0.127. The van der Waals surface area contributed by atoms with Crippen LogP contribution in [0.1, 0.15) is 55.9 Å². The number of amides is 2. The zero-order chi connectivity index (χ0) is 16.4. The molecule has 1 aromatic rings. The predicted molar refractivity (Wildman–Crippen MR) is 84.5 cm³/mol. The Kier molecular flexibility index (Phi) is 4.63. The van der Waals surface area contributed by atoms with Crippen molar-refractivity contribution in [3.63, 3.8) is 0 Å². The van der Waals surface area contributed by atoms with Crippen LogP contribution in [0, 0.1) is 11.8 Å². The Morgan fingerprint density at radius 2 is 2.30 bits per heavy atom. The van der Waals surface area contributed by atoms with E-state index in [4.69, 9.17) is 0 Å². The summed E-state index contributed by atoms with van der Waals surface area (Å²) in [4.78, 5) is 24.1. The molecule has 2 N–H and O–H groups in total. The van der Waals surface area contributed by atoms with E-state index in [-0.39, 0.29) is 23.9 Å². The van der Waals surface area contributed by atoms with Crippen LogP contribution >= 0.6 is 0 Å². The fourth-order valence-electron chi connectivity index (χ4n) is 4.11. The molecular formula is C16H25N5O2. The number of hydrogen-bond donors (Lipinski definition) is 2. The molecule has 4 atom stereocenters. The molecule has 1 saturated carbocycles. The van der Waals surface area contributed by atoms with E-state index in [0.29, 0.717) is 24.0 Å². The van der Waals surface area contributed by atoms with Crippen LogP contribution in [-0.2, 0) is 11.8 Å². The molecule has 4 unspecified atom stereocenters. The highest BCUT2D eigenvalue weighted by atomic mass is 16.2. The SMILES string of the molecule is CCCC1CC(=O)NC2CC(NC(=O)c3cn(C)nn3)CCC12. The minimum absolute atomic E-state index is 0.0893. The van der Waals surface area contributed by atoms with Crippen LogP contribution in [0.3, 0.4) is 0 Å². The first-order valence-electron chi connectivity index (χ1n) is 8.53. The Balaban J connectivity index is 1.60. The second-order valence-corrected chi connectivity index (χ2v) is 6.85. The van der Waals surface area contributed by atoms with Crippen molar-refractivity contribution in [1.29, 1.82) is 0 Å². The summed E-state index contributed by atoms with van der Waals surface area (Å²) >= 11 is 0. The van der Waals surface area contributed by atoms with Crippen molar-refractivity contribution >= 4 is 11.8 Å². The highest BCUT2D eigenvalue weighted by Crippen LogP contribution is 2.37. The molecule has 2 heterocycles. The Bertz CT molecular complexity index is 585. The zero-order valence-corrected chi connectivity index (χ0v) is 13.8. The van der Waals surface area contributed by atoms with E-state index in [2.05, 4.69) is 27.9 Å². The first kappa shape index (κ1) is 16.0. The van der Waals surface area contributed by atoms with Crippen molar-refractivity contribution < 1.29 is 9.59 Å². The van der Waals surface area contributed by atoms with Gasteiger partial charge in [-0.15, -0.1) is 5.10 Å². The third-order valence-electron chi connectivity index (χ3n) is 5.13. The number of hydrogen-bond acceptors (Lipinski definition) is 4. The minimum Gasteiger partial charge on any atom is -0.353 e. The number of piperidine rings is 1. The third-order valence-corrected chi connectivity index (χ3v) is 5.13. The average Bonchev–Trinajstić information content (AvgIpc) is 2.94. The van der Waals surface area contributed by atoms with Gasteiger partial charge in [0.05, 0.1) is 6.20 Å². The monoisotopic (exact) mass is 319 g/mol. The normalized spacial score (nSPS) is 30.4. The molecule has 1 saturated heterocycles. The summed E-state index contributed by atoms with van der Waals surface area (Å²) in [6.07, 6.45) is 7.33. The molecule has 2 aliphatic rings. The number of fused-ring (bicyclic) bond motifs is 1. The van der Waals surface area contributed by atoms with Crippen molar-refractivity contribution in [2.75, 3.05) is 0 Å². The minimum atomic E-state index is -0.186. The number of aromatic nitrogens is 3. The molecule has 7 heteroatoms. The highest BCUT2D eigenvalue weighted by molar-refractivity contribution is 5.92. The lowest BCUT2D eigenvalue weighted by Crippen LogP contribution is -2.55. The van der Waals surface area contributed by atoms with Gasteiger partial charge in [-0.1, -0.05) is 18.6 Å². The third kappa shape index (κ3) is 3.54. The second kappa shape index (κ2) is 6.68. The molecule has 3 rings (SSSR count). The lowest BCUT2D eigenvalue weighted by atomic mass is 9.70.